The molecule has 170 valence electrons. The zero-order valence-electron chi connectivity index (χ0n) is 19.3. The minimum atomic E-state index is -2.21. The van der Waals surface area contributed by atoms with E-state index in [0.717, 1.165) is 18.2 Å². The van der Waals surface area contributed by atoms with E-state index >= 15 is 0 Å². The van der Waals surface area contributed by atoms with Gasteiger partial charge in [-0.3, -0.25) is 0 Å². The Balaban J connectivity index is 1.49. The fourth-order valence-electron chi connectivity index (χ4n) is 4.98. The molecule has 3 heteroatoms. The van der Waals surface area contributed by atoms with Gasteiger partial charge in [0.1, 0.15) is 19.9 Å². The molecule has 0 aromatic heterocycles. The molecular weight excluding hydrogens is 432 g/mol. The van der Waals surface area contributed by atoms with Gasteiger partial charge in [0.05, 0.1) is 13.2 Å². The van der Waals surface area contributed by atoms with E-state index in [1.807, 2.05) is 24.3 Å². The minimum Gasteiger partial charge on any atom is -0.490 e. The fourth-order valence-corrected chi connectivity index (χ4v) is 9.65. The van der Waals surface area contributed by atoms with Gasteiger partial charge in [0.2, 0.25) is 0 Å². The monoisotopic (exact) mass is 462 g/mol. The summed E-state index contributed by atoms with van der Waals surface area (Å²) in [6.45, 7) is 1.24. The van der Waals surface area contributed by atoms with E-state index in [-0.39, 0.29) is 6.10 Å². The van der Waals surface area contributed by atoms with Gasteiger partial charge in [0, 0.05) is 6.42 Å². The Morgan fingerprint density at radius 3 is 1.74 bits per heavy atom. The van der Waals surface area contributed by atoms with Gasteiger partial charge < -0.3 is 9.47 Å². The molecule has 0 N–H and O–H groups in total. The second-order valence-electron chi connectivity index (χ2n) is 8.95. The first-order chi connectivity index (χ1) is 16.8. The standard InChI is InChI=1S/C31H30O2Si/c1-5-13-26(14-6-1)22-32-23-27-21-29(33-28-15-7-2-8-16-28)25-34(24-27,30-17-9-3-10-18-30)31-19-11-4-12-20-31/h1-20,24,29H,21-23,25H2. The number of rotatable bonds is 8. The summed E-state index contributed by atoms with van der Waals surface area (Å²) in [6, 6.07) is 43.6. The van der Waals surface area contributed by atoms with Gasteiger partial charge in [-0.25, -0.2) is 0 Å². The molecular formula is C31H30O2Si. The second-order valence-corrected chi connectivity index (χ2v) is 12.7. The van der Waals surface area contributed by atoms with Crippen LogP contribution in [0.15, 0.2) is 133 Å². The highest BCUT2D eigenvalue weighted by Gasteiger charge is 2.42. The van der Waals surface area contributed by atoms with Gasteiger partial charge in [0.15, 0.2) is 0 Å². The molecule has 1 atom stereocenters. The molecule has 1 unspecified atom stereocenters. The smallest absolute Gasteiger partial charge is 0.144 e. The van der Waals surface area contributed by atoms with Gasteiger partial charge in [0.25, 0.3) is 0 Å². The van der Waals surface area contributed by atoms with E-state index in [2.05, 4.69) is 103 Å². The van der Waals surface area contributed by atoms with Crippen molar-refractivity contribution < 1.29 is 9.47 Å². The van der Waals surface area contributed by atoms with Crippen molar-refractivity contribution >= 4 is 18.4 Å². The summed E-state index contributed by atoms with van der Waals surface area (Å²) >= 11 is 0. The molecule has 0 radical (unpaired) electrons. The van der Waals surface area contributed by atoms with Crippen molar-refractivity contribution in [3.63, 3.8) is 0 Å². The quantitative estimate of drug-likeness (QED) is 0.309. The molecule has 0 amide bonds. The lowest BCUT2D eigenvalue weighted by Crippen LogP contribution is -2.61. The van der Waals surface area contributed by atoms with Gasteiger partial charge in [-0.2, -0.15) is 0 Å². The van der Waals surface area contributed by atoms with Crippen molar-refractivity contribution in [2.45, 2.75) is 25.2 Å². The van der Waals surface area contributed by atoms with Crippen LogP contribution in [0.4, 0.5) is 0 Å². The second kappa shape index (κ2) is 10.7. The average Bonchev–Trinajstić information content (AvgIpc) is 2.91. The highest BCUT2D eigenvalue weighted by molar-refractivity contribution is 7.06. The normalized spacial score (nSPS) is 17.1. The lowest BCUT2D eigenvalue weighted by atomic mass is 10.1. The van der Waals surface area contributed by atoms with Gasteiger partial charge in [-0.05, 0) is 39.7 Å². The van der Waals surface area contributed by atoms with E-state index in [9.17, 15) is 0 Å². The van der Waals surface area contributed by atoms with Crippen LogP contribution in [0, 0.1) is 0 Å². The summed E-state index contributed by atoms with van der Waals surface area (Å²) in [5, 5.41) is 2.84. The third-order valence-electron chi connectivity index (χ3n) is 6.51. The van der Waals surface area contributed by atoms with Gasteiger partial charge in [-0.1, -0.05) is 115 Å². The van der Waals surface area contributed by atoms with Crippen LogP contribution in [-0.4, -0.2) is 20.8 Å². The number of hydrogen-bond acceptors (Lipinski definition) is 2. The topological polar surface area (TPSA) is 18.5 Å². The van der Waals surface area contributed by atoms with E-state index in [4.69, 9.17) is 9.47 Å². The number of benzene rings is 4. The predicted octanol–water partition coefficient (Wildman–Crippen LogP) is 5.78. The largest absolute Gasteiger partial charge is 0.490 e. The molecule has 1 aliphatic heterocycles. The molecule has 1 aliphatic rings. The van der Waals surface area contributed by atoms with Crippen molar-refractivity contribution in [3.8, 4) is 5.75 Å². The summed E-state index contributed by atoms with van der Waals surface area (Å²) in [5.41, 5.74) is 5.11. The van der Waals surface area contributed by atoms with Gasteiger partial charge >= 0.3 is 0 Å². The molecule has 2 nitrogen and oxygen atoms in total. The minimum absolute atomic E-state index is 0.106. The van der Waals surface area contributed by atoms with E-state index in [1.54, 1.807) is 0 Å². The van der Waals surface area contributed by atoms with Crippen LogP contribution in [0.3, 0.4) is 0 Å². The van der Waals surface area contributed by atoms with Crippen LogP contribution in [0.1, 0.15) is 12.0 Å². The van der Waals surface area contributed by atoms with Crippen LogP contribution < -0.4 is 15.1 Å². The van der Waals surface area contributed by atoms with Crippen LogP contribution in [0.25, 0.3) is 0 Å². The molecule has 34 heavy (non-hydrogen) atoms. The van der Waals surface area contributed by atoms with Crippen LogP contribution >= 0.6 is 0 Å². The SMILES string of the molecule is C1=C(COCc2ccccc2)CC(Oc2ccccc2)C[Si]1(c1ccccc1)c1ccccc1. The first kappa shape index (κ1) is 22.4. The highest BCUT2D eigenvalue weighted by atomic mass is 28.3. The van der Waals surface area contributed by atoms with E-state index in [1.165, 1.54) is 21.5 Å². The van der Waals surface area contributed by atoms with Crippen LogP contribution in [0.5, 0.6) is 5.75 Å². The molecule has 0 aliphatic carbocycles. The Kier molecular flexibility index (Phi) is 7.04. The summed E-state index contributed by atoms with van der Waals surface area (Å²) in [4.78, 5) is 0. The van der Waals surface area contributed by atoms with Crippen molar-refractivity contribution in [3.05, 3.63) is 138 Å². The van der Waals surface area contributed by atoms with Crippen molar-refractivity contribution in [1.82, 2.24) is 0 Å². The molecule has 0 bridgehead atoms. The summed E-state index contributed by atoms with van der Waals surface area (Å²) in [7, 11) is -2.21. The molecule has 0 fully saturated rings. The Morgan fingerprint density at radius 1 is 0.618 bits per heavy atom. The third-order valence-corrected chi connectivity index (χ3v) is 11.2. The number of hydrogen-bond donors (Lipinski definition) is 0. The summed E-state index contributed by atoms with van der Waals surface area (Å²) < 4.78 is 12.8. The highest BCUT2D eigenvalue weighted by Crippen LogP contribution is 2.30. The zero-order chi connectivity index (χ0) is 23.1. The van der Waals surface area contributed by atoms with Crippen molar-refractivity contribution in [2.75, 3.05) is 6.61 Å². The van der Waals surface area contributed by atoms with Crippen molar-refractivity contribution in [1.29, 1.82) is 0 Å². The fraction of sp³-hybridized carbons (Fsp3) is 0.161. The predicted molar refractivity (Wildman–Crippen MR) is 142 cm³/mol. The average molecular weight is 463 g/mol. The lowest BCUT2D eigenvalue weighted by molar-refractivity contribution is 0.133. The summed E-state index contributed by atoms with van der Waals surface area (Å²) in [5.74, 6) is 0.933. The number of para-hydroxylation sites is 1. The Hall–Kier alpha value is -3.40. The molecule has 1 heterocycles. The number of ether oxygens (including phenoxy) is 2. The third kappa shape index (κ3) is 5.22. The van der Waals surface area contributed by atoms with Crippen LogP contribution in [-0.2, 0) is 11.3 Å². The Morgan fingerprint density at radius 2 is 1.15 bits per heavy atom. The van der Waals surface area contributed by atoms with Gasteiger partial charge in [-0.15, -0.1) is 0 Å². The molecule has 5 rings (SSSR count). The van der Waals surface area contributed by atoms with Crippen molar-refractivity contribution in [2.24, 2.45) is 0 Å². The maximum Gasteiger partial charge on any atom is 0.144 e. The first-order valence-electron chi connectivity index (χ1n) is 12.0. The maximum atomic E-state index is 6.59. The van der Waals surface area contributed by atoms with E-state index in [0.29, 0.717) is 13.2 Å². The molecule has 0 saturated heterocycles. The molecule has 0 saturated carbocycles. The lowest BCUT2D eigenvalue weighted by Gasteiger charge is -2.38. The summed E-state index contributed by atoms with van der Waals surface area (Å²) in [6.07, 6.45) is 0.993. The molecule has 4 aromatic rings. The Bertz CT molecular complexity index is 1150. The molecule has 0 spiro atoms. The van der Waals surface area contributed by atoms with E-state index < -0.39 is 8.07 Å². The maximum absolute atomic E-state index is 6.59. The van der Waals surface area contributed by atoms with Crippen LogP contribution in [0.2, 0.25) is 6.04 Å². The first-order valence-corrected chi connectivity index (χ1v) is 14.3. The molecule has 4 aromatic carbocycles. The zero-order valence-corrected chi connectivity index (χ0v) is 20.3. The Labute approximate surface area is 203 Å².